The van der Waals surface area contributed by atoms with Gasteiger partial charge in [-0.3, -0.25) is 4.79 Å². The summed E-state index contributed by atoms with van der Waals surface area (Å²) in [7, 11) is 0. The van der Waals surface area contributed by atoms with Crippen molar-refractivity contribution in [2.75, 3.05) is 5.32 Å². The van der Waals surface area contributed by atoms with Gasteiger partial charge in [-0.2, -0.15) is 9.78 Å². The first-order chi connectivity index (χ1) is 14.4. The Hall–Kier alpha value is -3.80. The van der Waals surface area contributed by atoms with Crippen molar-refractivity contribution in [3.63, 3.8) is 0 Å². The van der Waals surface area contributed by atoms with Gasteiger partial charge >= 0.3 is 0 Å². The highest BCUT2D eigenvalue weighted by Gasteiger charge is 2.22. The monoisotopic (exact) mass is 397 g/mol. The van der Waals surface area contributed by atoms with Crippen molar-refractivity contribution in [1.29, 1.82) is 0 Å². The van der Waals surface area contributed by atoms with Gasteiger partial charge in [0.15, 0.2) is 0 Å². The van der Waals surface area contributed by atoms with Crippen molar-refractivity contribution in [3.8, 4) is 17.1 Å². The summed E-state index contributed by atoms with van der Waals surface area (Å²) >= 11 is 0. The zero-order valence-corrected chi connectivity index (χ0v) is 17.2. The highest BCUT2D eigenvalue weighted by Crippen LogP contribution is 2.26. The normalized spacial score (nSPS) is 11.3. The third-order valence-corrected chi connectivity index (χ3v) is 4.72. The first kappa shape index (κ1) is 19.5. The zero-order valence-electron chi connectivity index (χ0n) is 17.2. The maximum absolute atomic E-state index is 12.9. The van der Waals surface area contributed by atoms with E-state index >= 15 is 0 Å². The average Bonchev–Trinajstić information content (AvgIpc) is 3.19. The SMILES string of the molecule is CC(C)(C)c1cc(NC(=O)c2ccc(-c3ccccc3)cc2)n(-c2ncccn2)n1. The Labute approximate surface area is 175 Å². The van der Waals surface area contributed by atoms with E-state index in [9.17, 15) is 4.79 Å². The van der Waals surface area contributed by atoms with Crippen LogP contribution >= 0.6 is 0 Å². The van der Waals surface area contributed by atoms with Crippen molar-refractivity contribution >= 4 is 11.7 Å². The number of hydrogen-bond acceptors (Lipinski definition) is 4. The molecule has 1 N–H and O–H groups in total. The molecule has 0 fully saturated rings. The van der Waals surface area contributed by atoms with E-state index < -0.39 is 0 Å². The Balaban J connectivity index is 1.62. The number of nitrogens with one attached hydrogen (secondary N) is 1. The number of benzene rings is 2. The van der Waals surface area contributed by atoms with Crippen molar-refractivity contribution < 1.29 is 4.79 Å². The molecule has 0 saturated heterocycles. The Kier molecular flexibility index (Phi) is 5.14. The van der Waals surface area contributed by atoms with Crippen molar-refractivity contribution in [3.05, 3.63) is 90.4 Å². The van der Waals surface area contributed by atoms with E-state index in [1.165, 1.54) is 0 Å². The number of hydrogen-bond donors (Lipinski definition) is 1. The van der Waals surface area contributed by atoms with Gasteiger partial charge < -0.3 is 5.32 Å². The molecule has 150 valence electrons. The first-order valence-electron chi connectivity index (χ1n) is 9.76. The number of carbonyl (C=O) groups is 1. The second-order valence-corrected chi connectivity index (χ2v) is 8.02. The minimum Gasteiger partial charge on any atom is -0.306 e. The third-order valence-electron chi connectivity index (χ3n) is 4.72. The van der Waals surface area contributed by atoms with Crippen LogP contribution in [0.25, 0.3) is 17.1 Å². The Morgan fingerprint density at radius 3 is 2.13 bits per heavy atom. The predicted molar refractivity (Wildman–Crippen MR) is 118 cm³/mol. The Bertz CT molecular complexity index is 1140. The predicted octanol–water partition coefficient (Wildman–Crippen LogP) is 4.88. The molecule has 0 aliphatic rings. The first-order valence-corrected chi connectivity index (χ1v) is 9.76. The van der Waals surface area contributed by atoms with E-state index in [1.54, 1.807) is 23.1 Å². The molecular formula is C24H23N5O. The fourth-order valence-electron chi connectivity index (χ4n) is 3.02. The number of aromatic nitrogens is 4. The molecule has 4 aromatic rings. The molecule has 0 aliphatic heterocycles. The summed E-state index contributed by atoms with van der Waals surface area (Å²) in [5.41, 5.74) is 3.39. The zero-order chi connectivity index (χ0) is 21.1. The van der Waals surface area contributed by atoms with Gasteiger partial charge in [-0.15, -0.1) is 0 Å². The molecule has 2 aromatic heterocycles. The summed E-state index contributed by atoms with van der Waals surface area (Å²) in [6.45, 7) is 6.21. The summed E-state index contributed by atoms with van der Waals surface area (Å²) in [4.78, 5) is 21.4. The van der Waals surface area contributed by atoms with Crippen LogP contribution in [0.15, 0.2) is 79.1 Å². The van der Waals surface area contributed by atoms with Crippen LogP contribution in [0.2, 0.25) is 0 Å². The van der Waals surface area contributed by atoms with Crippen molar-refractivity contribution in [1.82, 2.24) is 19.7 Å². The van der Waals surface area contributed by atoms with Gasteiger partial charge in [-0.25, -0.2) is 9.97 Å². The van der Waals surface area contributed by atoms with Crippen LogP contribution in [0.5, 0.6) is 0 Å². The summed E-state index contributed by atoms with van der Waals surface area (Å²) in [5.74, 6) is 0.720. The van der Waals surface area contributed by atoms with Crippen LogP contribution in [0.4, 0.5) is 5.82 Å². The van der Waals surface area contributed by atoms with Gasteiger partial charge in [0.25, 0.3) is 11.9 Å². The van der Waals surface area contributed by atoms with Crippen LogP contribution < -0.4 is 5.32 Å². The van der Waals surface area contributed by atoms with Crippen molar-refractivity contribution in [2.45, 2.75) is 26.2 Å². The fraction of sp³-hybridized carbons (Fsp3) is 0.167. The second kappa shape index (κ2) is 7.91. The maximum Gasteiger partial charge on any atom is 0.256 e. The molecule has 0 saturated carbocycles. The summed E-state index contributed by atoms with van der Waals surface area (Å²) < 4.78 is 1.57. The lowest BCUT2D eigenvalue weighted by Gasteiger charge is -2.13. The average molecular weight is 397 g/mol. The molecule has 2 heterocycles. The molecule has 0 spiro atoms. The van der Waals surface area contributed by atoms with Gasteiger partial charge in [0.1, 0.15) is 5.82 Å². The van der Waals surface area contributed by atoms with Crippen LogP contribution in [0.1, 0.15) is 36.8 Å². The molecule has 0 bridgehead atoms. The van der Waals surface area contributed by atoms with Crippen LogP contribution in [-0.4, -0.2) is 25.7 Å². The van der Waals surface area contributed by atoms with E-state index in [2.05, 4.69) is 41.2 Å². The molecule has 0 aliphatic carbocycles. The van der Waals surface area contributed by atoms with Crippen LogP contribution in [0.3, 0.4) is 0 Å². The summed E-state index contributed by atoms with van der Waals surface area (Å²) in [5, 5.41) is 7.59. The molecule has 2 aromatic carbocycles. The molecule has 30 heavy (non-hydrogen) atoms. The lowest BCUT2D eigenvalue weighted by Crippen LogP contribution is -2.16. The third kappa shape index (κ3) is 4.12. The lowest BCUT2D eigenvalue weighted by atomic mass is 9.92. The van der Waals surface area contributed by atoms with Gasteiger partial charge in [0, 0.05) is 29.4 Å². The van der Waals surface area contributed by atoms with Crippen LogP contribution in [-0.2, 0) is 5.41 Å². The van der Waals surface area contributed by atoms with E-state index in [-0.39, 0.29) is 11.3 Å². The number of amides is 1. The number of anilines is 1. The highest BCUT2D eigenvalue weighted by atomic mass is 16.1. The largest absolute Gasteiger partial charge is 0.306 e. The van der Waals surface area contributed by atoms with Crippen molar-refractivity contribution in [2.24, 2.45) is 0 Å². The summed E-state index contributed by atoms with van der Waals surface area (Å²) in [6.07, 6.45) is 3.30. The molecular weight excluding hydrogens is 374 g/mol. The molecule has 4 rings (SSSR count). The van der Waals surface area contributed by atoms with E-state index in [0.29, 0.717) is 17.3 Å². The molecule has 6 nitrogen and oxygen atoms in total. The smallest absolute Gasteiger partial charge is 0.256 e. The molecule has 0 radical (unpaired) electrons. The fourth-order valence-corrected chi connectivity index (χ4v) is 3.02. The van der Waals surface area contributed by atoms with Gasteiger partial charge in [0.05, 0.1) is 5.69 Å². The van der Waals surface area contributed by atoms with Gasteiger partial charge in [0.2, 0.25) is 0 Å². The Morgan fingerprint density at radius 1 is 0.867 bits per heavy atom. The van der Waals surface area contributed by atoms with Crippen LogP contribution in [0, 0.1) is 0 Å². The molecule has 0 atom stereocenters. The molecule has 6 heteroatoms. The Morgan fingerprint density at radius 2 is 1.50 bits per heavy atom. The summed E-state index contributed by atoms with van der Waals surface area (Å²) in [6, 6.07) is 21.2. The second-order valence-electron chi connectivity index (χ2n) is 8.02. The number of nitrogens with zero attached hydrogens (tertiary/aromatic N) is 4. The molecule has 0 unspecified atom stereocenters. The van der Waals surface area contributed by atoms with E-state index in [4.69, 9.17) is 0 Å². The quantitative estimate of drug-likeness (QED) is 0.533. The highest BCUT2D eigenvalue weighted by molar-refractivity contribution is 6.04. The van der Waals surface area contributed by atoms with E-state index in [1.807, 2.05) is 60.7 Å². The number of carbonyl (C=O) groups excluding carboxylic acids is 1. The maximum atomic E-state index is 12.9. The van der Waals surface area contributed by atoms with Gasteiger partial charge in [-0.05, 0) is 29.3 Å². The number of rotatable bonds is 4. The standard InChI is InChI=1S/C24H23N5O/c1-24(2,3)20-16-21(29(28-20)23-25-14-7-15-26-23)27-22(30)19-12-10-18(11-13-19)17-8-5-4-6-9-17/h4-16H,1-3H3,(H,27,30). The molecule has 1 amide bonds. The topological polar surface area (TPSA) is 72.7 Å². The van der Waals surface area contributed by atoms with Gasteiger partial charge in [-0.1, -0.05) is 63.2 Å². The lowest BCUT2D eigenvalue weighted by molar-refractivity contribution is 0.102. The minimum atomic E-state index is -0.216. The van der Waals surface area contributed by atoms with E-state index in [0.717, 1.165) is 16.8 Å². The minimum absolute atomic E-state index is 0.184.